The highest BCUT2D eigenvalue weighted by molar-refractivity contribution is 5.84. The van der Waals surface area contributed by atoms with Crippen LogP contribution in [0.15, 0.2) is 18.2 Å². The van der Waals surface area contributed by atoms with Crippen molar-refractivity contribution in [3.63, 3.8) is 0 Å². The molecule has 0 fully saturated rings. The van der Waals surface area contributed by atoms with Gasteiger partial charge in [-0.05, 0) is 19.5 Å². The van der Waals surface area contributed by atoms with E-state index in [0.717, 1.165) is 12.1 Å². The summed E-state index contributed by atoms with van der Waals surface area (Å²) in [4.78, 5) is 0. The second-order valence-electron chi connectivity index (χ2n) is 3.57. The lowest BCUT2D eigenvalue weighted by Gasteiger charge is -2.00. The quantitative estimate of drug-likeness (QED) is 0.777. The highest BCUT2D eigenvalue weighted by Crippen LogP contribution is 2.20. The Balaban J connectivity index is 2.70. The molecule has 0 amide bonds. The SMILES string of the molecule is CNCc1c2cccc(C)c2nn1C. The molecule has 74 valence electrons. The van der Waals surface area contributed by atoms with Crippen molar-refractivity contribution in [1.82, 2.24) is 15.1 Å². The minimum atomic E-state index is 0.858. The first-order valence-corrected chi connectivity index (χ1v) is 4.80. The molecule has 3 nitrogen and oxygen atoms in total. The van der Waals surface area contributed by atoms with E-state index in [0.29, 0.717) is 0 Å². The van der Waals surface area contributed by atoms with Gasteiger partial charge in [0, 0.05) is 19.0 Å². The largest absolute Gasteiger partial charge is 0.314 e. The molecule has 1 N–H and O–H groups in total. The van der Waals surface area contributed by atoms with E-state index in [2.05, 4.69) is 35.5 Å². The van der Waals surface area contributed by atoms with Crippen LogP contribution in [-0.4, -0.2) is 16.8 Å². The van der Waals surface area contributed by atoms with Crippen molar-refractivity contribution in [1.29, 1.82) is 0 Å². The van der Waals surface area contributed by atoms with Crippen molar-refractivity contribution < 1.29 is 0 Å². The predicted octanol–water partition coefficient (Wildman–Crippen LogP) is 1.60. The summed E-state index contributed by atoms with van der Waals surface area (Å²) in [6, 6.07) is 6.30. The molecule has 0 atom stereocenters. The third-order valence-corrected chi connectivity index (χ3v) is 2.53. The lowest BCUT2D eigenvalue weighted by atomic mass is 10.1. The van der Waals surface area contributed by atoms with Gasteiger partial charge in [-0.1, -0.05) is 18.2 Å². The van der Waals surface area contributed by atoms with Crippen LogP contribution in [0.25, 0.3) is 10.9 Å². The van der Waals surface area contributed by atoms with Gasteiger partial charge in [-0.2, -0.15) is 5.10 Å². The Morgan fingerprint density at radius 2 is 2.21 bits per heavy atom. The number of benzene rings is 1. The normalized spacial score (nSPS) is 11.1. The highest BCUT2D eigenvalue weighted by Gasteiger charge is 2.08. The van der Waals surface area contributed by atoms with Crippen molar-refractivity contribution >= 4 is 10.9 Å². The third kappa shape index (κ3) is 1.30. The Hall–Kier alpha value is -1.35. The lowest BCUT2D eigenvalue weighted by Crippen LogP contribution is -2.09. The number of hydrogen-bond donors (Lipinski definition) is 1. The van der Waals surface area contributed by atoms with Gasteiger partial charge in [0.1, 0.15) is 0 Å². The topological polar surface area (TPSA) is 29.9 Å². The van der Waals surface area contributed by atoms with E-state index in [1.54, 1.807) is 0 Å². The molecule has 0 aliphatic heterocycles. The standard InChI is InChI=1S/C11H15N3/c1-8-5-4-6-9-10(7-12-2)14(3)13-11(8)9/h4-6,12H,7H2,1-3H3. The number of aryl methyl sites for hydroxylation is 2. The van der Waals surface area contributed by atoms with E-state index < -0.39 is 0 Å². The molecular formula is C11H15N3. The van der Waals surface area contributed by atoms with E-state index in [1.165, 1.54) is 16.6 Å². The van der Waals surface area contributed by atoms with E-state index in [1.807, 2.05) is 18.8 Å². The molecule has 0 unspecified atom stereocenters. The number of nitrogens with zero attached hydrogens (tertiary/aromatic N) is 2. The maximum atomic E-state index is 4.51. The summed E-state index contributed by atoms with van der Waals surface area (Å²) >= 11 is 0. The molecule has 0 radical (unpaired) electrons. The van der Waals surface area contributed by atoms with Crippen molar-refractivity contribution in [2.24, 2.45) is 7.05 Å². The predicted molar refractivity (Wildman–Crippen MR) is 58.2 cm³/mol. The van der Waals surface area contributed by atoms with Gasteiger partial charge >= 0.3 is 0 Å². The van der Waals surface area contributed by atoms with E-state index >= 15 is 0 Å². The summed E-state index contributed by atoms with van der Waals surface area (Å²) in [5.41, 5.74) is 3.59. The zero-order valence-electron chi connectivity index (χ0n) is 8.83. The van der Waals surface area contributed by atoms with E-state index in [-0.39, 0.29) is 0 Å². The fourth-order valence-electron chi connectivity index (χ4n) is 1.79. The van der Waals surface area contributed by atoms with Gasteiger partial charge in [-0.25, -0.2) is 0 Å². The van der Waals surface area contributed by atoms with Crippen LogP contribution in [0, 0.1) is 6.92 Å². The molecule has 1 aromatic carbocycles. The van der Waals surface area contributed by atoms with Crippen LogP contribution in [-0.2, 0) is 13.6 Å². The summed E-state index contributed by atoms with van der Waals surface area (Å²) in [6.07, 6.45) is 0. The molecule has 0 saturated heterocycles. The van der Waals surface area contributed by atoms with Gasteiger partial charge in [0.2, 0.25) is 0 Å². The summed E-state index contributed by atoms with van der Waals surface area (Å²) in [5, 5.41) is 8.92. The Labute approximate surface area is 83.7 Å². The van der Waals surface area contributed by atoms with Crippen molar-refractivity contribution in [2.45, 2.75) is 13.5 Å². The number of hydrogen-bond acceptors (Lipinski definition) is 2. The first kappa shape index (κ1) is 9.21. The zero-order valence-corrected chi connectivity index (χ0v) is 8.83. The lowest BCUT2D eigenvalue weighted by molar-refractivity contribution is 0.679. The molecule has 3 heteroatoms. The molecule has 1 heterocycles. The van der Waals surface area contributed by atoms with Gasteiger partial charge in [-0.3, -0.25) is 4.68 Å². The Morgan fingerprint density at radius 1 is 1.43 bits per heavy atom. The molecule has 2 rings (SSSR count). The number of nitrogens with one attached hydrogen (secondary N) is 1. The number of aromatic nitrogens is 2. The second-order valence-corrected chi connectivity index (χ2v) is 3.57. The van der Waals surface area contributed by atoms with Crippen LogP contribution in [0.3, 0.4) is 0 Å². The summed E-state index contributed by atoms with van der Waals surface area (Å²) in [7, 11) is 3.95. The van der Waals surface area contributed by atoms with Crippen LogP contribution in [0.5, 0.6) is 0 Å². The average Bonchev–Trinajstić information content (AvgIpc) is 2.47. The molecule has 1 aromatic heterocycles. The van der Waals surface area contributed by atoms with Crippen LogP contribution < -0.4 is 5.32 Å². The summed E-state index contributed by atoms with van der Waals surface area (Å²) in [6.45, 7) is 2.95. The van der Waals surface area contributed by atoms with Gasteiger partial charge in [0.15, 0.2) is 0 Å². The maximum Gasteiger partial charge on any atom is 0.0955 e. The van der Waals surface area contributed by atoms with Gasteiger partial charge in [0.25, 0.3) is 0 Å². The zero-order chi connectivity index (χ0) is 10.1. The van der Waals surface area contributed by atoms with E-state index in [4.69, 9.17) is 0 Å². The second kappa shape index (κ2) is 3.42. The van der Waals surface area contributed by atoms with Crippen molar-refractivity contribution in [3.05, 3.63) is 29.5 Å². The molecule has 0 aliphatic carbocycles. The minimum absolute atomic E-state index is 0.858. The molecule has 0 bridgehead atoms. The average molecular weight is 189 g/mol. The fraction of sp³-hybridized carbons (Fsp3) is 0.364. The molecule has 0 spiro atoms. The van der Waals surface area contributed by atoms with Crippen LogP contribution in [0.2, 0.25) is 0 Å². The third-order valence-electron chi connectivity index (χ3n) is 2.53. The summed E-state index contributed by atoms with van der Waals surface area (Å²) in [5.74, 6) is 0. The fourth-order valence-corrected chi connectivity index (χ4v) is 1.79. The Bertz CT molecular complexity index is 457. The van der Waals surface area contributed by atoms with Gasteiger partial charge in [0.05, 0.1) is 11.2 Å². The number of rotatable bonds is 2. The maximum absolute atomic E-state index is 4.51. The molecule has 0 saturated carbocycles. The molecule has 14 heavy (non-hydrogen) atoms. The van der Waals surface area contributed by atoms with Crippen LogP contribution in [0.1, 0.15) is 11.3 Å². The van der Waals surface area contributed by atoms with Crippen LogP contribution >= 0.6 is 0 Å². The smallest absolute Gasteiger partial charge is 0.0955 e. The first-order chi connectivity index (χ1) is 6.74. The van der Waals surface area contributed by atoms with Crippen LogP contribution in [0.4, 0.5) is 0 Å². The van der Waals surface area contributed by atoms with Gasteiger partial charge in [-0.15, -0.1) is 0 Å². The van der Waals surface area contributed by atoms with E-state index in [9.17, 15) is 0 Å². The first-order valence-electron chi connectivity index (χ1n) is 4.80. The Morgan fingerprint density at radius 3 is 2.93 bits per heavy atom. The van der Waals surface area contributed by atoms with Crippen molar-refractivity contribution in [3.8, 4) is 0 Å². The van der Waals surface area contributed by atoms with Crippen molar-refractivity contribution in [2.75, 3.05) is 7.05 Å². The molecule has 0 aliphatic rings. The summed E-state index contributed by atoms with van der Waals surface area (Å²) < 4.78 is 1.95. The monoisotopic (exact) mass is 189 g/mol. The number of fused-ring (bicyclic) bond motifs is 1. The molecule has 2 aromatic rings. The minimum Gasteiger partial charge on any atom is -0.314 e. The van der Waals surface area contributed by atoms with Gasteiger partial charge < -0.3 is 5.32 Å². The highest BCUT2D eigenvalue weighted by atomic mass is 15.3. The molecular weight excluding hydrogens is 174 g/mol. The Kier molecular flexibility index (Phi) is 2.25.